The zero-order chi connectivity index (χ0) is 18.2. The predicted octanol–water partition coefficient (Wildman–Crippen LogP) is 2.73. The van der Waals surface area contributed by atoms with Gasteiger partial charge in [0.15, 0.2) is 17.5 Å². The molecule has 0 amide bonds. The number of likely N-dealkylation sites (N-methyl/N-ethyl adjacent to an activating group) is 1. The fraction of sp³-hybridized carbons (Fsp3) is 0.316. The lowest BCUT2D eigenvalue weighted by atomic mass is 10.1. The summed E-state index contributed by atoms with van der Waals surface area (Å²) >= 11 is 0. The first-order valence-electron chi connectivity index (χ1n) is 8.05. The number of benzene rings is 2. The van der Waals surface area contributed by atoms with Crippen LogP contribution in [-0.2, 0) is 0 Å². The summed E-state index contributed by atoms with van der Waals surface area (Å²) in [6.07, 6.45) is 0. The molecule has 3 N–H and O–H groups in total. The number of guanidine groups is 1. The van der Waals surface area contributed by atoms with Gasteiger partial charge in [-0.3, -0.25) is 4.99 Å². The van der Waals surface area contributed by atoms with Crippen LogP contribution < -0.4 is 20.5 Å². The first kappa shape index (κ1) is 18.6. The second-order valence-electron chi connectivity index (χ2n) is 5.81. The van der Waals surface area contributed by atoms with Crippen molar-refractivity contribution in [3.05, 3.63) is 54.1 Å². The molecule has 0 fully saturated rings. The summed E-state index contributed by atoms with van der Waals surface area (Å²) in [5.74, 6) is 1.79. The van der Waals surface area contributed by atoms with E-state index in [1.807, 2.05) is 62.6 Å². The zero-order valence-electron chi connectivity index (χ0n) is 15.2. The maximum atomic E-state index is 6.01. The van der Waals surface area contributed by atoms with Crippen LogP contribution in [0.1, 0.15) is 11.6 Å². The lowest BCUT2D eigenvalue weighted by molar-refractivity contribution is 0.303. The van der Waals surface area contributed by atoms with Gasteiger partial charge in [0.2, 0.25) is 0 Å². The Hall–Kier alpha value is -2.73. The molecule has 25 heavy (non-hydrogen) atoms. The monoisotopic (exact) mass is 342 g/mol. The Bertz CT molecular complexity index is 702. The maximum absolute atomic E-state index is 6.01. The summed E-state index contributed by atoms with van der Waals surface area (Å²) < 4.78 is 10.7. The van der Waals surface area contributed by atoms with E-state index in [9.17, 15) is 0 Å². The Balaban J connectivity index is 2.14. The number of anilines is 1. The normalized spacial score (nSPS) is 12.8. The number of hydrogen-bond acceptors (Lipinski definition) is 4. The Morgan fingerprint density at radius 1 is 1.08 bits per heavy atom. The fourth-order valence-corrected chi connectivity index (χ4v) is 2.52. The van der Waals surface area contributed by atoms with Crippen molar-refractivity contribution in [3.63, 3.8) is 0 Å². The SMILES string of the molecule is COc1ccc(C(CN=C(N)Nc2ccccc2)N(C)C)cc1OC. The summed E-state index contributed by atoms with van der Waals surface area (Å²) in [6.45, 7) is 0.522. The minimum absolute atomic E-state index is 0.0657. The van der Waals surface area contributed by atoms with Crippen LogP contribution >= 0.6 is 0 Å². The molecule has 2 aromatic carbocycles. The minimum Gasteiger partial charge on any atom is -0.493 e. The lowest BCUT2D eigenvalue weighted by Gasteiger charge is -2.24. The standard InChI is InChI=1S/C19H26N4O2/c1-23(2)16(14-10-11-17(24-3)18(12-14)25-4)13-21-19(20)22-15-8-6-5-7-9-15/h5-12,16H,13H2,1-4H3,(H3,20,21,22). The number of nitrogens with one attached hydrogen (secondary N) is 1. The van der Waals surface area contributed by atoms with Crippen molar-refractivity contribution in [2.24, 2.45) is 10.7 Å². The quantitative estimate of drug-likeness (QED) is 0.598. The third-order valence-corrected chi connectivity index (χ3v) is 3.90. The van der Waals surface area contributed by atoms with Gasteiger partial charge in [0.05, 0.1) is 26.8 Å². The predicted molar refractivity (Wildman–Crippen MR) is 103 cm³/mol. The van der Waals surface area contributed by atoms with E-state index in [2.05, 4.69) is 15.2 Å². The van der Waals surface area contributed by atoms with Gasteiger partial charge in [-0.2, -0.15) is 0 Å². The molecule has 0 spiro atoms. The molecule has 0 radical (unpaired) electrons. The van der Waals surface area contributed by atoms with Gasteiger partial charge in [-0.15, -0.1) is 0 Å². The van der Waals surface area contributed by atoms with Crippen LogP contribution in [0.3, 0.4) is 0 Å². The Labute approximate surface area is 149 Å². The van der Waals surface area contributed by atoms with Crippen molar-refractivity contribution in [2.75, 3.05) is 40.2 Å². The molecule has 1 unspecified atom stereocenters. The third-order valence-electron chi connectivity index (χ3n) is 3.90. The van der Waals surface area contributed by atoms with Crippen LogP contribution in [0.5, 0.6) is 11.5 Å². The van der Waals surface area contributed by atoms with Crippen molar-refractivity contribution in [1.29, 1.82) is 0 Å². The van der Waals surface area contributed by atoms with Crippen molar-refractivity contribution in [2.45, 2.75) is 6.04 Å². The first-order valence-corrected chi connectivity index (χ1v) is 8.05. The summed E-state index contributed by atoms with van der Waals surface area (Å²) in [5, 5.41) is 3.09. The highest BCUT2D eigenvalue weighted by Gasteiger charge is 2.16. The second-order valence-corrected chi connectivity index (χ2v) is 5.81. The first-order chi connectivity index (χ1) is 12.0. The average molecular weight is 342 g/mol. The zero-order valence-corrected chi connectivity index (χ0v) is 15.2. The molecule has 2 rings (SSSR count). The number of rotatable bonds is 7. The van der Waals surface area contributed by atoms with Gasteiger partial charge in [-0.1, -0.05) is 24.3 Å². The molecule has 134 valence electrons. The van der Waals surface area contributed by atoms with E-state index in [0.29, 0.717) is 24.0 Å². The van der Waals surface area contributed by atoms with E-state index in [-0.39, 0.29) is 6.04 Å². The minimum atomic E-state index is 0.0657. The number of hydrogen-bond donors (Lipinski definition) is 2. The molecule has 0 aliphatic heterocycles. The lowest BCUT2D eigenvalue weighted by Crippen LogP contribution is -2.27. The summed E-state index contributed by atoms with van der Waals surface area (Å²) in [4.78, 5) is 6.58. The molecule has 0 saturated carbocycles. The van der Waals surface area contributed by atoms with E-state index in [0.717, 1.165) is 11.3 Å². The maximum Gasteiger partial charge on any atom is 0.193 e. The van der Waals surface area contributed by atoms with Crippen molar-refractivity contribution in [1.82, 2.24) is 4.90 Å². The highest BCUT2D eigenvalue weighted by molar-refractivity contribution is 5.92. The molecule has 0 heterocycles. The van der Waals surface area contributed by atoms with Crippen molar-refractivity contribution in [3.8, 4) is 11.5 Å². The molecule has 1 atom stereocenters. The third kappa shape index (κ3) is 5.12. The number of ether oxygens (including phenoxy) is 2. The van der Waals surface area contributed by atoms with Gasteiger partial charge in [0.25, 0.3) is 0 Å². The number of methoxy groups -OCH3 is 2. The summed E-state index contributed by atoms with van der Waals surface area (Å²) in [5.41, 5.74) is 8.01. The van der Waals surface area contributed by atoms with Gasteiger partial charge >= 0.3 is 0 Å². The Morgan fingerprint density at radius 2 is 1.76 bits per heavy atom. The molecule has 0 aromatic heterocycles. The van der Waals surface area contributed by atoms with Gasteiger partial charge in [-0.05, 0) is 43.9 Å². The molecule has 6 nitrogen and oxygen atoms in total. The number of nitrogens with two attached hydrogens (primary N) is 1. The van der Waals surface area contributed by atoms with Crippen LogP contribution in [0.15, 0.2) is 53.5 Å². The average Bonchev–Trinajstić information content (AvgIpc) is 2.62. The molecular formula is C19H26N4O2. The molecule has 0 aliphatic rings. The van der Waals surface area contributed by atoms with E-state index in [4.69, 9.17) is 15.2 Å². The topological polar surface area (TPSA) is 72.1 Å². The fourth-order valence-electron chi connectivity index (χ4n) is 2.52. The van der Waals surface area contributed by atoms with Crippen LogP contribution in [0.4, 0.5) is 5.69 Å². The number of nitrogens with zero attached hydrogens (tertiary/aromatic N) is 2. The molecule has 0 saturated heterocycles. The van der Waals surface area contributed by atoms with E-state index in [1.165, 1.54) is 0 Å². The van der Waals surface area contributed by atoms with Gasteiger partial charge < -0.3 is 25.4 Å². The van der Waals surface area contributed by atoms with Crippen LogP contribution in [-0.4, -0.2) is 45.7 Å². The van der Waals surface area contributed by atoms with Crippen LogP contribution in [0.2, 0.25) is 0 Å². The highest BCUT2D eigenvalue weighted by atomic mass is 16.5. The van der Waals surface area contributed by atoms with Crippen molar-refractivity contribution < 1.29 is 9.47 Å². The van der Waals surface area contributed by atoms with Gasteiger partial charge in [0.1, 0.15) is 0 Å². The van der Waals surface area contributed by atoms with E-state index < -0.39 is 0 Å². The highest BCUT2D eigenvalue weighted by Crippen LogP contribution is 2.31. The largest absolute Gasteiger partial charge is 0.493 e. The molecule has 0 aliphatic carbocycles. The molecule has 0 bridgehead atoms. The molecule has 2 aromatic rings. The van der Waals surface area contributed by atoms with E-state index in [1.54, 1.807) is 14.2 Å². The van der Waals surface area contributed by atoms with Gasteiger partial charge in [-0.25, -0.2) is 0 Å². The molecular weight excluding hydrogens is 316 g/mol. The van der Waals surface area contributed by atoms with Gasteiger partial charge in [0, 0.05) is 5.69 Å². The summed E-state index contributed by atoms with van der Waals surface area (Å²) in [7, 11) is 7.28. The van der Waals surface area contributed by atoms with Crippen molar-refractivity contribution >= 4 is 11.6 Å². The summed E-state index contributed by atoms with van der Waals surface area (Å²) in [6, 6.07) is 15.7. The molecule has 6 heteroatoms. The Morgan fingerprint density at radius 3 is 2.36 bits per heavy atom. The Kier molecular flexibility index (Phi) is 6.65. The number of aliphatic imine (C=N–C) groups is 1. The number of para-hydroxylation sites is 1. The smallest absolute Gasteiger partial charge is 0.193 e. The van der Waals surface area contributed by atoms with E-state index >= 15 is 0 Å². The van der Waals surface area contributed by atoms with Crippen LogP contribution in [0.25, 0.3) is 0 Å². The second kappa shape index (κ2) is 8.94. The van der Waals surface area contributed by atoms with Crippen LogP contribution in [0, 0.1) is 0 Å².